The quantitative estimate of drug-likeness (QED) is 0.335. The molecule has 0 saturated heterocycles. The lowest BCUT2D eigenvalue weighted by Crippen LogP contribution is -2.29. The number of anilines is 2. The highest BCUT2D eigenvalue weighted by Crippen LogP contribution is 2.24. The van der Waals surface area contributed by atoms with Gasteiger partial charge < -0.3 is 0 Å². The van der Waals surface area contributed by atoms with E-state index in [-0.39, 0.29) is 4.90 Å². The second-order valence-corrected chi connectivity index (χ2v) is 9.60. The number of hydrazine groups is 1. The fraction of sp³-hybridized carbons (Fsp3) is 0.0833. The van der Waals surface area contributed by atoms with Gasteiger partial charge in [0, 0.05) is 22.2 Å². The third kappa shape index (κ3) is 4.92. The van der Waals surface area contributed by atoms with Crippen LogP contribution in [0.4, 0.5) is 11.4 Å². The summed E-state index contributed by atoms with van der Waals surface area (Å²) in [6, 6.07) is 18.1. The fourth-order valence-electron chi connectivity index (χ4n) is 3.28. The van der Waals surface area contributed by atoms with Crippen LogP contribution in [0.2, 0.25) is 5.02 Å². The molecule has 0 fully saturated rings. The molecule has 0 saturated carbocycles. The molecule has 0 spiro atoms. The van der Waals surface area contributed by atoms with E-state index in [9.17, 15) is 13.2 Å². The molecule has 4 aromatic rings. The molecule has 7 nitrogen and oxygen atoms in total. The zero-order valence-electron chi connectivity index (χ0n) is 17.9. The first-order valence-corrected chi connectivity index (χ1v) is 11.9. The molecule has 1 amide bonds. The molecule has 4 rings (SSSR count). The van der Waals surface area contributed by atoms with Crippen molar-refractivity contribution in [2.24, 2.45) is 0 Å². The maximum atomic E-state index is 12.8. The number of hydrogen-bond acceptors (Lipinski definition) is 5. The SMILES string of the molecule is Cc1cccc(NS(=O)(=O)c2ccc(C(=O)NNc3ccnc4cc(Cl)ccc34)cc2)c1C. The van der Waals surface area contributed by atoms with Gasteiger partial charge in [0.15, 0.2) is 0 Å². The monoisotopic (exact) mass is 480 g/mol. The molecule has 0 aliphatic carbocycles. The van der Waals surface area contributed by atoms with E-state index in [1.807, 2.05) is 26.0 Å². The number of amides is 1. The minimum absolute atomic E-state index is 0.0601. The van der Waals surface area contributed by atoms with Crippen LogP contribution in [-0.2, 0) is 10.0 Å². The Labute approximate surface area is 196 Å². The van der Waals surface area contributed by atoms with Gasteiger partial charge in [0.05, 0.1) is 21.8 Å². The average molecular weight is 481 g/mol. The number of rotatable bonds is 6. The molecule has 0 atom stereocenters. The van der Waals surface area contributed by atoms with E-state index < -0.39 is 15.9 Å². The van der Waals surface area contributed by atoms with Crippen molar-refractivity contribution in [3.8, 4) is 0 Å². The van der Waals surface area contributed by atoms with Crippen molar-refractivity contribution in [3.63, 3.8) is 0 Å². The van der Waals surface area contributed by atoms with E-state index >= 15 is 0 Å². The van der Waals surface area contributed by atoms with Gasteiger partial charge in [-0.25, -0.2) is 8.42 Å². The van der Waals surface area contributed by atoms with Crippen molar-refractivity contribution in [1.29, 1.82) is 0 Å². The first-order valence-electron chi connectivity index (χ1n) is 10.0. The van der Waals surface area contributed by atoms with Crippen LogP contribution in [0, 0.1) is 13.8 Å². The van der Waals surface area contributed by atoms with Crippen molar-refractivity contribution in [1.82, 2.24) is 10.4 Å². The number of hydrogen-bond donors (Lipinski definition) is 3. The summed E-state index contributed by atoms with van der Waals surface area (Å²) in [5.74, 6) is -0.416. The van der Waals surface area contributed by atoms with E-state index in [4.69, 9.17) is 11.6 Å². The van der Waals surface area contributed by atoms with E-state index in [1.54, 1.807) is 36.5 Å². The molecule has 1 heterocycles. The normalized spacial score (nSPS) is 11.2. The minimum Gasteiger partial charge on any atom is -0.298 e. The van der Waals surface area contributed by atoms with Crippen LogP contribution in [0.15, 0.2) is 77.8 Å². The number of sulfonamides is 1. The highest BCUT2D eigenvalue weighted by Gasteiger charge is 2.17. The molecule has 0 bridgehead atoms. The molecule has 33 heavy (non-hydrogen) atoms. The number of halogens is 1. The summed E-state index contributed by atoms with van der Waals surface area (Å²) in [7, 11) is -3.79. The first kappa shape index (κ1) is 22.6. The number of pyridine rings is 1. The average Bonchev–Trinajstić information content (AvgIpc) is 2.80. The van der Waals surface area contributed by atoms with E-state index in [0.717, 1.165) is 16.5 Å². The Kier molecular flexibility index (Phi) is 6.22. The first-order chi connectivity index (χ1) is 15.7. The van der Waals surface area contributed by atoms with Crippen LogP contribution in [0.3, 0.4) is 0 Å². The molecule has 168 valence electrons. The predicted molar refractivity (Wildman–Crippen MR) is 131 cm³/mol. The smallest absolute Gasteiger partial charge is 0.269 e. The van der Waals surface area contributed by atoms with Crippen molar-refractivity contribution in [3.05, 3.63) is 94.6 Å². The van der Waals surface area contributed by atoms with E-state index in [2.05, 4.69) is 20.6 Å². The third-order valence-electron chi connectivity index (χ3n) is 5.29. The Morgan fingerprint density at radius 3 is 2.45 bits per heavy atom. The van der Waals surface area contributed by atoms with Gasteiger partial charge >= 0.3 is 0 Å². The lowest BCUT2D eigenvalue weighted by atomic mass is 10.1. The van der Waals surface area contributed by atoms with Crippen LogP contribution in [0.5, 0.6) is 0 Å². The van der Waals surface area contributed by atoms with Gasteiger partial charge in [-0.05, 0) is 79.6 Å². The molecule has 9 heteroatoms. The molecule has 0 aliphatic heterocycles. The van der Waals surface area contributed by atoms with Gasteiger partial charge in [-0.3, -0.25) is 25.4 Å². The molecule has 1 aromatic heterocycles. The van der Waals surface area contributed by atoms with Crippen molar-refractivity contribution < 1.29 is 13.2 Å². The number of aryl methyl sites for hydroxylation is 1. The topological polar surface area (TPSA) is 100 Å². The lowest BCUT2D eigenvalue weighted by Gasteiger charge is -2.13. The zero-order chi connectivity index (χ0) is 23.6. The third-order valence-corrected chi connectivity index (χ3v) is 6.91. The van der Waals surface area contributed by atoms with Crippen LogP contribution < -0.4 is 15.6 Å². The number of benzene rings is 3. The van der Waals surface area contributed by atoms with E-state index in [1.165, 1.54) is 24.3 Å². The molecule has 0 radical (unpaired) electrons. The Balaban J connectivity index is 1.47. The Bertz CT molecular complexity index is 1450. The fourth-order valence-corrected chi connectivity index (χ4v) is 4.57. The summed E-state index contributed by atoms with van der Waals surface area (Å²) < 4.78 is 28.1. The number of carbonyl (C=O) groups excluding carboxylic acids is 1. The summed E-state index contributed by atoms with van der Waals surface area (Å²) >= 11 is 6.01. The van der Waals surface area contributed by atoms with Gasteiger partial charge in [-0.2, -0.15) is 0 Å². The van der Waals surface area contributed by atoms with Gasteiger partial charge in [-0.15, -0.1) is 0 Å². The highest BCUT2D eigenvalue weighted by atomic mass is 35.5. The van der Waals surface area contributed by atoms with E-state index in [0.29, 0.717) is 27.5 Å². The van der Waals surface area contributed by atoms with Crippen LogP contribution in [-0.4, -0.2) is 19.3 Å². The van der Waals surface area contributed by atoms with Gasteiger partial charge in [0.2, 0.25) is 0 Å². The second kappa shape index (κ2) is 9.09. The summed E-state index contributed by atoms with van der Waals surface area (Å²) in [5.41, 5.74) is 9.50. The van der Waals surface area contributed by atoms with Crippen molar-refractivity contribution in [2.75, 3.05) is 10.1 Å². The molecule has 0 unspecified atom stereocenters. The summed E-state index contributed by atoms with van der Waals surface area (Å²) in [6.07, 6.45) is 1.61. The molecule has 3 aromatic carbocycles. The number of aromatic nitrogens is 1. The number of nitrogens with zero attached hydrogens (tertiary/aromatic N) is 1. The Morgan fingerprint density at radius 2 is 1.70 bits per heavy atom. The lowest BCUT2D eigenvalue weighted by molar-refractivity contribution is 0.0962. The molecule has 0 aliphatic rings. The summed E-state index contributed by atoms with van der Waals surface area (Å²) in [4.78, 5) is 16.9. The number of nitrogens with one attached hydrogen (secondary N) is 3. The van der Waals surface area contributed by atoms with Crippen LogP contribution in [0.1, 0.15) is 21.5 Å². The molecular weight excluding hydrogens is 460 g/mol. The van der Waals surface area contributed by atoms with Crippen molar-refractivity contribution in [2.45, 2.75) is 18.7 Å². The standard InChI is InChI=1S/C24H21ClN4O3S/c1-15-4-3-5-21(16(15)2)29-33(31,32)19-9-6-17(7-10-19)24(30)28-27-22-12-13-26-23-14-18(25)8-11-20(22)23/h3-14,29H,1-2H3,(H,26,27)(H,28,30). The zero-order valence-corrected chi connectivity index (χ0v) is 19.5. The van der Waals surface area contributed by atoms with Crippen molar-refractivity contribution >= 4 is 49.8 Å². The van der Waals surface area contributed by atoms with Gasteiger partial charge in [0.1, 0.15) is 0 Å². The summed E-state index contributed by atoms with van der Waals surface area (Å²) in [6.45, 7) is 3.77. The largest absolute Gasteiger partial charge is 0.298 e. The Morgan fingerprint density at radius 1 is 0.939 bits per heavy atom. The maximum Gasteiger partial charge on any atom is 0.269 e. The number of carbonyl (C=O) groups is 1. The van der Waals surface area contributed by atoms with Crippen LogP contribution >= 0.6 is 11.6 Å². The van der Waals surface area contributed by atoms with Gasteiger partial charge in [-0.1, -0.05) is 23.7 Å². The maximum absolute atomic E-state index is 12.8. The second-order valence-electron chi connectivity index (χ2n) is 7.48. The predicted octanol–water partition coefficient (Wildman–Crippen LogP) is 5.06. The minimum atomic E-state index is -3.79. The summed E-state index contributed by atoms with van der Waals surface area (Å²) in [5, 5.41) is 1.36. The number of fused-ring (bicyclic) bond motifs is 1. The highest BCUT2D eigenvalue weighted by molar-refractivity contribution is 7.92. The van der Waals surface area contributed by atoms with Crippen LogP contribution in [0.25, 0.3) is 10.9 Å². The Hall–Kier alpha value is -3.62. The molecular formula is C24H21ClN4O3S. The molecule has 3 N–H and O–H groups in total. The van der Waals surface area contributed by atoms with Gasteiger partial charge in [0.25, 0.3) is 15.9 Å².